The van der Waals surface area contributed by atoms with E-state index in [4.69, 9.17) is 4.42 Å². The van der Waals surface area contributed by atoms with Gasteiger partial charge < -0.3 is 14.2 Å². The van der Waals surface area contributed by atoms with Crippen LogP contribution in [0.25, 0.3) is 11.0 Å². The molecular weight excluding hydrogens is 364 g/mol. The number of fused-ring (bicyclic) bond motifs is 1. The van der Waals surface area contributed by atoms with E-state index in [1.807, 2.05) is 38.9 Å². The Bertz CT molecular complexity index is 946. The first-order chi connectivity index (χ1) is 12.7. The topological polar surface area (TPSA) is 70.8 Å². The highest BCUT2D eigenvalue weighted by Crippen LogP contribution is 2.26. The molecule has 1 saturated heterocycles. The molecule has 0 spiro atoms. The van der Waals surface area contributed by atoms with Crippen molar-refractivity contribution in [3.05, 3.63) is 35.1 Å². The molecule has 1 amide bonds. The predicted molar refractivity (Wildman–Crippen MR) is 107 cm³/mol. The molecule has 3 rings (SSSR count). The minimum Gasteiger partial charge on any atom is -0.464 e. The molecule has 0 saturated carbocycles. The van der Waals surface area contributed by atoms with E-state index in [0.717, 1.165) is 27.7 Å². The number of nitrogens with zero attached hydrogens (tertiary/aromatic N) is 2. The van der Waals surface area contributed by atoms with Gasteiger partial charge in [-0.1, -0.05) is 0 Å². The van der Waals surface area contributed by atoms with Crippen LogP contribution in [-0.2, 0) is 21.1 Å². The van der Waals surface area contributed by atoms with Crippen molar-refractivity contribution in [2.75, 3.05) is 38.7 Å². The Morgan fingerprint density at radius 3 is 2.52 bits per heavy atom. The van der Waals surface area contributed by atoms with Crippen molar-refractivity contribution >= 4 is 26.7 Å². The summed E-state index contributed by atoms with van der Waals surface area (Å²) in [6, 6.07) is 3.82. The molecule has 1 aliphatic heterocycles. The second-order valence-corrected chi connectivity index (χ2v) is 10.0. The highest BCUT2D eigenvalue weighted by molar-refractivity contribution is 7.91. The van der Waals surface area contributed by atoms with E-state index in [1.54, 1.807) is 11.2 Å². The molecule has 0 bridgehead atoms. The summed E-state index contributed by atoms with van der Waals surface area (Å²) < 4.78 is 29.5. The van der Waals surface area contributed by atoms with Crippen molar-refractivity contribution in [2.45, 2.75) is 32.7 Å². The summed E-state index contributed by atoms with van der Waals surface area (Å²) in [5.74, 6) is 0.188. The lowest BCUT2D eigenvalue weighted by Gasteiger charge is -2.29. The van der Waals surface area contributed by atoms with Gasteiger partial charge in [0.05, 0.1) is 24.2 Å². The van der Waals surface area contributed by atoms with Crippen LogP contribution in [0.4, 0.5) is 0 Å². The van der Waals surface area contributed by atoms with Crippen molar-refractivity contribution in [1.29, 1.82) is 0 Å². The second-order valence-electron chi connectivity index (χ2n) is 7.82. The number of hydrogen-bond acceptors (Lipinski definition) is 5. The number of benzene rings is 1. The number of sulfone groups is 1. The molecule has 7 heteroatoms. The van der Waals surface area contributed by atoms with Gasteiger partial charge in [-0.2, -0.15) is 0 Å². The predicted octanol–water partition coefficient (Wildman–Crippen LogP) is 2.17. The molecule has 2 aromatic rings. The molecule has 0 radical (unpaired) electrons. The first-order valence-electron chi connectivity index (χ1n) is 9.28. The minimum atomic E-state index is -3.05. The molecule has 1 aliphatic rings. The number of carbonyl (C=O) groups excluding carboxylic acids is 1. The van der Waals surface area contributed by atoms with Gasteiger partial charge in [0.15, 0.2) is 9.84 Å². The number of likely N-dealkylation sites (N-methyl/N-ethyl adjacent to an activating group) is 1. The summed E-state index contributed by atoms with van der Waals surface area (Å²) >= 11 is 0. The zero-order chi connectivity index (χ0) is 19.8. The SMILES string of the molecule is Cc1cc2occ(CC(=O)N(CCN(C)C)C3CCS(=O)(=O)C3)c2cc1C. The maximum Gasteiger partial charge on any atom is 0.227 e. The highest BCUT2D eigenvalue weighted by atomic mass is 32.2. The quantitative estimate of drug-likeness (QED) is 0.753. The smallest absolute Gasteiger partial charge is 0.227 e. The average molecular weight is 393 g/mol. The number of furan rings is 1. The molecule has 6 nitrogen and oxygen atoms in total. The van der Waals surface area contributed by atoms with Crippen LogP contribution in [0.5, 0.6) is 0 Å². The molecule has 27 heavy (non-hydrogen) atoms. The van der Waals surface area contributed by atoms with Crippen LogP contribution in [0.2, 0.25) is 0 Å². The fourth-order valence-electron chi connectivity index (χ4n) is 3.58. The van der Waals surface area contributed by atoms with E-state index in [2.05, 4.69) is 6.07 Å². The van der Waals surface area contributed by atoms with Crippen molar-refractivity contribution in [1.82, 2.24) is 9.80 Å². The first kappa shape index (κ1) is 19.9. The van der Waals surface area contributed by atoms with Crippen molar-refractivity contribution in [2.24, 2.45) is 0 Å². The van der Waals surface area contributed by atoms with Crippen LogP contribution in [0.3, 0.4) is 0 Å². The van der Waals surface area contributed by atoms with Gasteiger partial charge in [0.1, 0.15) is 5.58 Å². The van der Waals surface area contributed by atoms with Gasteiger partial charge in [0.2, 0.25) is 5.91 Å². The van der Waals surface area contributed by atoms with E-state index in [-0.39, 0.29) is 29.9 Å². The Morgan fingerprint density at radius 1 is 1.19 bits per heavy atom. The van der Waals surface area contributed by atoms with Crippen molar-refractivity contribution in [3.8, 4) is 0 Å². The Balaban J connectivity index is 1.83. The van der Waals surface area contributed by atoms with E-state index < -0.39 is 9.84 Å². The molecule has 1 aromatic carbocycles. The Morgan fingerprint density at radius 2 is 1.89 bits per heavy atom. The van der Waals surface area contributed by atoms with Crippen molar-refractivity contribution < 1.29 is 17.6 Å². The van der Waals surface area contributed by atoms with Crippen LogP contribution in [0.1, 0.15) is 23.1 Å². The zero-order valence-electron chi connectivity index (χ0n) is 16.5. The zero-order valence-corrected chi connectivity index (χ0v) is 17.3. The van der Waals surface area contributed by atoms with E-state index in [9.17, 15) is 13.2 Å². The van der Waals surface area contributed by atoms with Crippen molar-refractivity contribution in [3.63, 3.8) is 0 Å². The number of carbonyl (C=O) groups is 1. The standard InChI is InChI=1S/C20H28N2O4S/c1-14-9-18-16(12-26-19(18)10-15(14)2)11-20(23)22(7-6-21(3)4)17-5-8-27(24,25)13-17/h9-10,12,17H,5-8,11,13H2,1-4H3. The van der Waals surface area contributed by atoms with Gasteiger partial charge in [-0.3, -0.25) is 4.79 Å². The summed E-state index contributed by atoms with van der Waals surface area (Å²) in [5, 5.41) is 0.957. The van der Waals surface area contributed by atoms with Crippen LogP contribution >= 0.6 is 0 Å². The monoisotopic (exact) mass is 392 g/mol. The van der Waals surface area contributed by atoms with E-state index in [0.29, 0.717) is 19.5 Å². The first-order valence-corrected chi connectivity index (χ1v) is 11.1. The number of rotatable bonds is 6. The third kappa shape index (κ3) is 4.52. The summed E-state index contributed by atoms with van der Waals surface area (Å²) in [6.45, 7) is 5.30. The van der Waals surface area contributed by atoms with Crippen LogP contribution in [0.15, 0.2) is 22.8 Å². The Labute approximate surface area is 161 Å². The van der Waals surface area contributed by atoms with Gasteiger partial charge in [0, 0.05) is 30.1 Å². The molecule has 1 unspecified atom stereocenters. The fourth-order valence-corrected chi connectivity index (χ4v) is 5.31. The summed E-state index contributed by atoms with van der Waals surface area (Å²) in [7, 11) is 0.849. The largest absolute Gasteiger partial charge is 0.464 e. The molecule has 0 N–H and O–H groups in total. The molecule has 0 aliphatic carbocycles. The lowest BCUT2D eigenvalue weighted by atomic mass is 10.0. The molecule has 2 heterocycles. The van der Waals surface area contributed by atoms with Crippen LogP contribution in [-0.4, -0.2) is 68.9 Å². The van der Waals surface area contributed by atoms with Crippen LogP contribution in [0, 0.1) is 13.8 Å². The number of hydrogen-bond donors (Lipinski definition) is 0. The summed E-state index contributed by atoms with van der Waals surface area (Å²) in [4.78, 5) is 16.8. The van der Waals surface area contributed by atoms with Gasteiger partial charge in [0.25, 0.3) is 0 Å². The molecule has 1 aromatic heterocycles. The normalized spacial score (nSPS) is 19.1. The van der Waals surface area contributed by atoms with Gasteiger partial charge in [-0.05, 0) is 57.6 Å². The number of aryl methyl sites for hydroxylation is 2. The summed E-state index contributed by atoms with van der Waals surface area (Å²) in [6.07, 6.45) is 2.39. The highest BCUT2D eigenvalue weighted by Gasteiger charge is 2.34. The minimum absolute atomic E-state index is 0.0418. The average Bonchev–Trinajstić information content (AvgIpc) is 3.11. The molecule has 1 fully saturated rings. The Kier molecular flexibility index (Phi) is 5.63. The lowest BCUT2D eigenvalue weighted by Crippen LogP contribution is -2.45. The van der Waals surface area contributed by atoms with Gasteiger partial charge >= 0.3 is 0 Å². The second kappa shape index (κ2) is 7.64. The maximum atomic E-state index is 13.1. The summed E-state index contributed by atoms with van der Waals surface area (Å²) in [5.41, 5.74) is 3.94. The fraction of sp³-hybridized carbons (Fsp3) is 0.550. The molecule has 148 valence electrons. The lowest BCUT2D eigenvalue weighted by molar-refractivity contribution is -0.132. The van der Waals surface area contributed by atoms with Gasteiger partial charge in [-0.25, -0.2) is 8.42 Å². The van der Waals surface area contributed by atoms with E-state index in [1.165, 1.54) is 0 Å². The molecule has 1 atom stereocenters. The number of amides is 1. The third-order valence-electron chi connectivity index (χ3n) is 5.37. The van der Waals surface area contributed by atoms with E-state index >= 15 is 0 Å². The van der Waals surface area contributed by atoms with Crippen LogP contribution < -0.4 is 0 Å². The Hall–Kier alpha value is -1.86. The van der Waals surface area contributed by atoms with Gasteiger partial charge in [-0.15, -0.1) is 0 Å². The molecular formula is C20H28N2O4S. The maximum absolute atomic E-state index is 13.1. The third-order valence-corrected chi connectivity index (χ3v) is 7.12.